The highest BCUT2D eigenvalue weighted by Gasteiger charge is 2.08. The number of carbonyl (C=O) groups excluding carboxylic acids is 1. The molecule has 23 heavy (non-hydrogen) atoms. The molecule has 5 nitrogen and oxygen atoms in total. The molecule has 122 valence electrons. The molecule has 0 aliphatic carbocycles. The van der Waals surface area contributed by atoms with E-state index in [2.05, 4.69) is 5.32 Å². The number of primary amides is 1. The van der Waals surface area contributed by atoms with Crippen LogP contribution in [0.4, 0.5) is 5.69 Å². The lowest BCUT2D eigenvalue weighted by molar-refractivity contribution is -0.119. The number of nitrogens with one attached hydrogen (secondary N) is 1. The van der Waals surface area contributed by atoms with Crippen molar-refractivity contribution >= 4 is 23.2 Å². The van der Waals surface area contributed by atoms with Gasteiger partial charge in [0.1, 0.15) is 0 Å². The van der Waals surface area contributed by atoms with E-state index in [0.29, 0.717) is 23.1 Å². The van der Waals surface area contributed by atoms with Gasteiger partial charge in [-0.2, -0.15) is 0 Å². The number of methoxy groups -OCH3 is 1. The largest absolute Gasteiger partial charge is 0.493 e. The van der Waals surface area contributed by atoms with Crippen LogP contribution >= 0.6 is 11.6 Å². The minimum Gasteiger partial charge on any atom is -0.493 e. The second kappa shape index (κ2) is 7.74. The van der Waals surface area contributed by atoms with Gasteiger partial charge in [0, 0.05) is 17.3 Å². The van der Waals surface area contributed by atoms with Crippen LogP contribution in [0.1, 0.15) is 11.1 Å². The fourth-order valence-electron chi connectivity index (χ4n) is 2.07. The Hall–Kier alpha value is -2.40. The van der Waals surface area contributed by atoms with Gasteiger partial charge in [-0.1, -0.05) is 23.7 Å². The maximum atomic E-state index is 10.8. The molecule has 1 amide bonds. The molecule has 0 aromatic heterocycles. The van der Waals surface area contributed by atoms with E-state index >= 15 is 0 Å². The molecule has 6 heteroatoms. The molecule has 0 fully saturated rings. The lowest BCUT2D eigenvalue weighted by Crippen LogP contribution is -2.20. The number of rotatable bonds is 7. The molecule has 3 N–H and O–H groups in total. The Morgan fingerprint density at radius 2 is 2.00 bits per heavy atom. The second-order valence-corrected chi connectivity index (χ2v) is 5.49. The minimum absolute atomic E-state index is 0.185. The Balaban J connectivity index is 2.08. The quantitative estimate of drug-likeness (QED) is 0.815. The van der Waals surface area contributed by atoms with Crippen LogP contribution in [0.25, 0.3) is 0 Å². The van der Waals surface area contributed by atoms with Gasteiger partial charge < -0.3 is 20.5 Å². The smallest absolute Gasteiger partial charge is 0.255 e. The Labute approximate surface area is 140 Å². The molecule has 2 aromatic carbocycles. The van der Waals surface area contributed by atoms with Crippen molar-refractivity contribution in [3.8, 4) is 11.5 Å². The lowest BCUT2D eigenvalue weighted by Gasteiger charge is -2.13. The number of hydrogen-bond acceptors (Lipinski definition) is 4. The third-order valence-electron chi connectivity index (χ3n) is 3.28. The van der Waals surface area contributed by atoms with Gasteiger partial charge in [-0.3, -0.25) is 4.79 Å². The van der Waals surface area contributed by atoms with Gasteiger partial charge in [0.15, 0.2) is 18.1 Å². The van der Waals surface area contributed by atoms with Crippen molar-refractivity contribution < 1.29 is 14.3 Å². The van der Waals surface area contributed by atoms with Crippen molar-refractivity contribution in [3.05, 3.63) is 52.5 Å². The Bertz CT molecular complexity index is 704. The highest BCUT2D eigenvalue weighted by atomic mass is 35.5. The van der Waals surface area contributed by atoms with Crippen LogP contribution in [-0.4, -0.2) is 19.6 Å². The summed E-state index contributed by atoms with van der Waals surface area (Å²) in [6.07, 6.45) is 0. The van der Waals surface area contributed by atoms with E-state index in [1.54, 1.807) is 13.2 Å². The van der Waals surface area contributed by atoms with E-state index in [1.165, 1.54) is 0 Å². The molecule has 0 radical (unpaired) electrons. The van der Waals surface area contributed by atoms with Gasteiger partial charge in [0.2, 0.25) is 0 Å². The van der Waals surface area contributed by atoms with Crippen LogP contribution in [-0.2, 0) is 11.3 Å². The number of aryl methyl sites for hydroxylation is 1. The van der Waals surface area contributed by atoms with Crippen molar-refractivity contribution in [1.82, 2.24) is 0 Å². The number of benzene rings is 2. The van der Waals surface area contributed by atoms with E-state index in [0.717, 1.165) is 16.8 Å². The molecule has 0 unspecified atom stereocenters. The van der Waals surface area contributed by atoms with Crippen LogP contribution in [0.3, 0.4) is 0 Å². The monoisotopic (exact) mass is 334 g/mol. The minimum atomic E-state index is -0.533. The first-order valence-corrected chi connectivity index (χ1v) is 7.45. The zero-order chi connectivity index (χ0) is 16.8. The number of amides is 1. The summed E-state index contributed by atoms with van der Waals surface area (Å²) in [7, 11) is 1.55. The van der Waals surface area contributed by atoms with Gasteiger partial charge in [0.25, 0.3) is 5.91 Å². The van der Waals surface area contributed by atoms with E-state index in [-0.39, 0.29) is 6.61 Å². The summed E-state index contributed by atoms with van der Waals surface area (Å²) >= 11 is 6.01. The number of nitrogens with two attached hydrogens (primary N) is 1. The Morgan fingerprint density at radius 3 is 2.70 bits per heavy atom. The second-order valence-electron chi connectivity index (χ2n) is 5.05. The highest BCUT2D eigenvalue weighted by Crippen LogP contribution is 2.28. The molecule has 0 bridgehead atoms. The molecule has 0 saturated carbocycles. The van der Waals surface area contributed by atoms with Gasteiger partial charge in [-0.25, -0.2) is 0 Å². The molecular weight excluding hydrogens is 316 g/mol. The molecule has 0 saturated heterocycles. The van der Waals surface area contributed by atoms with Crippen molar-refractivity contribution in [3.63, 3.8) is 0 Å². The Kier molecular flexibility index (Phi) is 5.71. The SMILES string of the molecule is COc1cc(CNc2cc(Cl)ccc2C)ccc1OCC(N)=O. The molecular formula is C17H19ClN2O3. The lowest BCUT2D eigenvalue weighted by atomic mass is 10.1. The summed E-state index contributed by atoms with van der Waals surface area (Å²) in [5.74, 6) is 0.497. The van der Waals surface area contributed by atoms with Crippen LogP contribution in [0.2, 0.25) is 5.02 Å². The number of halogens is 1. The van der Waals surface area contributed by atoms with Gasteiger partial charge in [-0.15, -0.1) is 0 Å². The topological polar surface area (TPSA) is 73.6 Å². The summed E-state index contributed by atoms with van der Waals surface area (Å²) in [5, 5.41) is 4.02. The summed E-state index contributed by atoms with van der Waals surface area (Å²) < 4.78 is 10.6. The average Bonchev–Trinajstić information content (AvgIpc) is 2.54. The maximum absolute atomic E-state index is 10.8. The summed E-state index contributed by atoms with van der Waals surface area (Å²) in [5.41, 5.74) is 8.17. The molecule has 0 aliphatic heterocycles. The first-order valence-electron chi connectivity index (χ1n) is 7.07. The van der Waals surface area contributed by atoms with Gasteiger partial charge in [-0.05, 0) is 42.3 Å². The average molecular weight is 335 g/mol. The molecule has 0 heterocycles. The number of ether oxygens (including phenoxy) is 2. The molecule has 2 rings (SSSR count). The number of anilines is 1. The standard InChI is InChI=1S/C17H19ClN2O3/c1-11-3-5-13(18)8-14(11)20-9-12-4-6-15(16(7-12)22-2)23-10-17(19)21/h3-8,20H,9-10H2,1-2H3,(H2,19,21). The first-order chi connectivity index (χ1) is 11.0. The van der Waals surface area contributed by atoms with E-state index in [4.69, 9.17) is 26.8 Å². The molecule has 0 spiro atoms. The fraction of sp³-hybridized carbons (Fsp3) is 0.235. The van der Waals surface area contributed by atoms with E-state index in [1.807, 2.05) is 37.3 Å². The van der Waals surface area contributed by atoms with E-state index < -0.39 is 5.91 Å². The highest BCUT2D eigenvalue weighted by molar-refractivity contribution is 6.30. The predicted octanol–water partition coefficient (Wildman–Crippen LogP) is 3.13. The third kappa shape index (κ3) is 4.79. The fourth-order valence-corrected chi connectivity index (χ4v) is 2.24. The van der Waals surface area contributed by atoms with Crippen molar-refractivity contribution in [2.45, 2.75) is 13.5 Å². The summed E-state index contributed by atoms with van der Waals surface area (Å²) in [4.78, 5) is 10.8. The van der Waals surface area contributed by atoms with Gasteiger partial charge in [0.05, 0.1) is 7.11 Å². The Morgan fingerprint density at radius 1 is 1.22 bits per heavy atom. The van der Waals surface area contributed by atoms with Crippen molar-refractivity contribution in [2.75, 3.05) is 19.0 Å². The molecule has 2 aromatic rings. The van der Waals surface area contributed by atoms with Crippen LogP contribution in [0, 0.1) is 6.92 Å². The predicted molar refractivity (Wildman–Crippen MR) is 91.2 cm³/mol. The number of hydrogen-bond donors (Lipinski definition) is 2. The maximum Gasteiger partial charge on any atom is 0.255 e. The van der Waals surface area contributed by atoms with E-state index in [9.17, 15) is 4.79 Å². The van der Waals surface area contributed by atoms with Crippen molar-refractivity contribution in [1.29, 1.82) is 0 Å². The molecule has 0 atom stereocenters. The first kappa shape index (κ1) is 17.0. The third-order valence-corrected chi connectivity index (χ3v) is 3.52. The molecule has 0 aliphatic rings. The van der Waals surface area contributed by atoms with Crippen molar-refractivity contribution in [2.24, 2.45) is 5.73 Å². The normalized spacial score (nSPS) is 10.2. The zero-order valence-electron chi connectivity index (χ0n) is 13.1. The van der Waals surface area contributed by atoms with Crippen LogP contribution in [0.5, 0.6) is 11.5 Å². The summed E-state index contributed by atoms with van der Waals surface area (Å²) in [6, 6.07) is 11.2. The number of carbonyl (C=O) groups is 1. The zero-order valence-corrected chi connectivity index (χ0v) is 13.8. The van der Waals surface area contributed by atoms with Crippen LogP contribution in [0.15, 0.2) is 36.4 Å². The van der Waals surface area contributed by atoms with Crippen LogP contribution < -0.4 is 20.5 Å². The summed E-state index contributed by atoms with van der Waals surface area (Å²) in [6.45, 7) is 2.43. The van der Waals surface area contributed by atoms with Gasteiger partial charge >= 0.3 is 0 Å².